The van der Waals surface area contributed by atoms with E-state index in [1.54, 1.807) is 4.90 Å². The highest BCUT2D eigenvalue weighted by atomic mass is 79.9. The van der Waals surface area contributed by atoms with Gasteiger partial charge in [0.2, 0.25) is 0 Å². The van der Waals surface area contributed by atoms with Crippen LogP contribution in [0.4, 0.5) is 10.6 Å². The minimum Gasteiger partial charge on any atom is -0.465 e. The Morgan fingerprint density at radius 1 is 1.45 bits per heavy atom. The lowest BCUT2D eigenvalue weighted by atomic mass is 10.0. The fourth-order valence-electron chi connectivity index (χ4n) is 2.63. The molecule has 20 heavy (non-hydrogen) atoms. The highest BCUT2D eigenvalue weighted by Crippen LogP contribution is 2.26. The summed E-state index contributed by atoms with van der Waals surface area (Å²) < 4.78 is 0.693. The van der Waals surface area contributed by atoms with Crippen molar-refractivity contribution >= 4 is 27.8 Å². The summed E-state index contributed by atoms with van der Waals surface area (Å²) in [5.74, 6) is 0.787. The predicted octanol–water partition coefficient (Wildman–Crippen LogP) is 2.60. The van der Waals surface area contributed by atoms with E-state index in [1.807, 2.05) is 32.9 Å². The van der Waals surface area contributed by atoms with Crippen molar-refractivity contribution < 1.29 is 9.90 Å². The Kier molecular flexibility index (Phi) is 4.17. The first kappa shape index (κ1) is 15.0. The average molecular weight is 343 g/mol. The molecule has 0 unspecified atom stereocenters. The largest absolute Gasteiger partial charge is 0.465 e. The van der Waals surface area contributed by atoms with E-state index in [1.165, 1.54) is 0 Å². The summed E-state index contributed by atoms with van der Waals surface area (Å²) in [6.07, 6.45) is -0.0624. The van der Waals surface area contributed by atoms with Crippen LogP contribution in [0.2, 0.25) is 0 Å². The van der Waals surface area contributed by atoms with Crippen LogP contribution in [0.3, 0.4) is 0 Å². The Balaban J connectivity index is 2.11. The molecule has 2 rings (SSSR count). The zero-order chi connectivity index (χ0) is 14.9. The molecule has 1 saturated heterocycles. The van der Waals surface area contributed by atoms with E-state index in [0.29, 0.717) is 11.1 Å². The standard InChI is InChI=1S/C13H19BrN4O2/c1-13(2,3)18(12(19)20)9-6-7-17(8-9)11-5-4-10(14)15-16-11/h4-5,9H,6-8H2,1-3H3,(H,19,20)/t9-/m1/s1. The molecule has 1 aromatic heterocycles. The van der Waals surface area contributed by atoms with Gasteiger partial charge in [-0.3, -0.25) is 4.90 Å². The van der Waals surface area contributed by atoms with Crippen LogP contribution in [0.25, 0.3) is 0 Å². The first-order chi connectivity index (χ1) is 9.29. The fraction of sp³-hybridized carbons (Fsp3) is 0.615. The number of rotatable bonds is 2. The molecule has 1 atom stereocenters. The van der Waals surface area contributed by atoms with Gasteiger partial charge in [-0.05, 0) is 55.3 Å². The van der Waals surface area contributed by atoms with Gasteiger partial charge in [-0.1, -0.05) is 0 Å². The summed E-state index contributed by atoms with van der Waals surface area (Å²) in [6.45, 7) is 7.20. The minimum absolute atomic E-state index is 0.0158. The maximum atomic E-state index is 11.5. The molecule has 0 aromatic carbocycles. The predicted molar refractivity (Wildman–Crippen MR) is 80.0 cm³/mol. The van der Waals surface area contributed by atoms with Gasteiger partial charge in [0.15, 0.2) is 5.82 Å². The van der Waals surface area contributed by atoms with Gasteiger partial charge in [0.05, 0.1) is 6.04 Å². The Morgan fingerprint density at radius 2 is 2.15 bits per heavy atom. The van der Waals surface area contributed by atoms with Crippen molar-refractivity contribution in [1.29, 1.82) is 0 Å². The van der Waals surface area contributed by atoms with Gasteiger partial charge >= 0.3 is 6.09 Å². The first-order valence-corrected chi connectivity index (χ1v) is 7.35. The summed E-state index contributed by atoms with van der Waals surface area (Å²) in [5.41, 5.74) is -0.405. The normalized spacial score (nSPS) is 19.2. The number of anilines is 1. The molecule has 2 heterocycles. The Labute approximate surface area is 126 Å². The van der Waals surface area contributed by atoms with Crippen LogP contribution in [-0.4, -0.2) is 51.0 Å². The van der Waals surface area contributed by atoms with E-state index < -0.39 is 11.6 Å². The molecular formula is C13H19BrN4O2. The Hall–Kier alpha value is -1.37. The molecule has 110 valence electrons. The maximum Gasteiger partial charge on any atom is 0.408 e. The number of hydrogen-bond donors (Lipinski definition) is 1. The number of hydrogen-bond acceptors (Lipinski definition) is 4. The summed E-state index contributed by atoms with van der Waals surface area (Å²) in [5, 5.41) is 17.5. The number of nitrogens with zero attached hydrogens (tertiary/aromatic N) is 4. The van der Waals surface area contributed by atoms with Crippen LogP contribution in [0.1, 0.15) is 27.2 Å². The molecule has 0 radical (unpaired) electrons. The van der Waals surface area contributed by atoms with E-state index in [9.17, 15) is 9.90 Å². The van der Waals surface area contributed by atoms with E-state index in [-0.39, 0.29) is 6.04 Å². The van der Waals surface area contributed by atoms with E-state index >= 15 is 0 Å². The molecule has 0 spiro atoms. The van der Waals surface area contributed by atoms with Gasteiger partial charge < -0.3 is 10.0 Å². The molecule has 0 saturated carbocycles. The quantitative estimate of drug-likeness (QED) is 0.894. The zero-order valence-electron chi connectivity index (χ0n) is 11.9. The van der Waals surface area contributed by atoms with Crippen molar-refractivity contribution in [1.82, 2.24) is 15.1 Å². The number of halogens is 1. The third kappa shape index (κ3) is 3.20. The van der Waals surface area contributed by atoms with Crippen molar-refractivity contribution in [3.8, 4) is 0 Å². The number of carbonyl (C=O) groups is 1. The third-order valence-corrected chi connectivity index (χ3v) is 3.82. The fourth-order valence-corrected chi connectivity index (χ4v) is 2.84. The zero-order valence-corrected chi connectivity index (χ0v) is 13.5. The second-order valence-electron chi connectivity index (χ2n) is 5.93. The van der Waals surface area contributed by atoms with Crippen LogP contribution in [-0.2, 0) is 0 Å². The summed E-state index contributed by atoms with van der Waals surface area (Å²) in [6, 6.07) is 3.72. The summed E-state index contributed by atoms with van der Waals surface area (Å²) in [7, 11) is 0. The lowest BCUT2D eigenvalue weighted by Gasteiger charge is -2.37. The van der Waals surface area contributed by atoms with Crippen LogP contribution < -0.4 is 4.90 Å². The molecule has 7 heteroatoms. The van der Waals surface area contributed by atoms with E-state index in [2.05, 4.69) is 31.0 Å². The summed E-state index contributed by atoms with van der Waals surface area (Å²) >= 11 is 3.26. The number of carboxylic acid groups (broad SMARTS) is 1. The van der Waals surface area contributed by atoms with Crippen molar-refractivity contribution in [2.45, 2.75) is 38.8 Å². The van der Waals surface area contributed by atoms with Crippen LogP contribution >= 0.6 is 15.9 Å². The average Bonchev–Trinajstić information content (AvgIpc) is 2.76. The van der Waals surface area contributed by atoms with Crippen LogP contribution in [0.5, 0.6) is 0 Å². The van der Waals surface area contributed by atoms with Crippen LogP contribution in [0.15, 0.2) is 16.7 Å². The molecule has 1 aliphatic heterocycles. The topological polar surface area (TPSA) is 69.6 Å². The van der Waals surface area contributed by atoms with E-state index in [0.717, 1.165) is 18.8 Å². The minimum atomic E-state index is -0.869. The molecule has 0 bridgehead atoms. The van der Waals surface area contributed by atoms with Gasteiger partial charge in [-0.15, -0.1) is 10.2 Å². The SMILES string of the molecule is CC(C)(C)N(C(=O)O)[C@@H]1CCN(c2ccc(Br)nn2)C1. The molecular weight excluding hydrogens is 324 g/mol. The molecule has 6 nitrogen and oxygen atoms in total. The maximum absolute atomic E-state index is 11.5. The Bertz CT molecular complexity index is 486. The van der Waals surface area contributed by atoms with Crippen molar-refractivity contribution in [3.05, 3.63) is 16.7 Å². The second-order valence-corrected chi connectivity index (χ2v) is 6.74. The second kappa shape index (κ2) is 5.55. The highest BCUT2D eigenvalue weighted by Gasteiger charge is 2.37. The highest BCUT2D eigenvalue weighted by molar-refractivity contribution is 9.10. The molecule has 0 aliphatic carbocycles. The van der Waals surface area contributed by atoms with Gasteiger partial charge in [0, 0.05) is 18.6 Å². The van der Waals surface area contributed by atoms with Crippen molar-refractivity contribution in [2.24, 2.45) is 0 Å². The van der Waals surface area contributed by atoms with Gasteiger partial charge in [0.25, 0.3) is 0 Å². The smallest absolute Gasteiger partial charge is 0.408 e. The van der Waals surface area contributed by atoms with Gasteiger partial charge in [-0.2, -0.15) is 0 Å². The lowest BCUT2D eigenvalue weighted by molar-refractivity contribution is 0.0763. The Morgan fingerprint density at radius 3 is 2.65 bits per heavy atom. The van der Waals surface area contributed by atoms with Crippen molar-refractivity contribution in [2.75, 3.05) is 18.0 Å². The van der Waals surface area contributed by atoms with Gasteiger partial charge in [-0.25, -0.2) is 4.79 Å². The van der Waals surface area contributed by atoms with Crippen molar-refractivity contribution in [3.63, 3.8) is 0 Å². The number of aromatic nitrogens is 2. The number of amides is 1. The lowest BCUT2D eigenvalue weighted by Crippen LogP contribution is -2.52. The molecule has 1 aromatic rings. The molecule has 1 fully saturated rings. The monoisotopic (exact) mass is 342 g/mol. The first-order valence-electron chi connectivity index (χ1n) is 6.55. The van der Waals surface area contributed by atoms with E-state index in [4.69, 9.17) is 0 Å². The molecule has 1 N–H and O–H groups in total. The molecule has 1 amide bonds. The summed E-state index contributed by atoms with van der Waals surface area (Å²) in [4.78, 5) is 15.1. The van der Waals surface area contributed by atoms with Gasteiger partial charge in [0.1, 0.15) is 4.60 Å². The van der Waals surface area contributed by atoms with Crippen LogP contribution in [0, 0.1) is 0 Å². The third-order valence-electron chi connectivity index (χ3n) is 3.40. The molecule has 1 aliphatic rings.